The van der Waals surface area contributed by atoms with Crippen molar-refractivity contribution in [3.63, 3.8) is 0 Å². The molecule has 8 heteroatoms. The maximum absolute atomic E-state index is 12.5. The maximum atomic E-state index is 12.5. The number of rotatable bonds is 6. The third kappa shape index (κ3) is 5.14. The zero-order valence-electron chi connectivity index (χ0n) is 16.8. The van der Waals surface area contributed by atoms with E-state index in [4.69, 9.17) is 4.42 Å². The Labute approximate surface area is 179 Å². The Morgan fingerprint density at radius 3 is 2.77 bits per heavy atom. The summed E-state index contributed by atoms with van der Waals surface area (Å²) in [5, 5.41) is 8.18. The molecule has 1 aliphatic rings. The molecule has 0 bridgehead atoms. The second kappa shape index (κ2) is 9.23. The average molecular weight is 425 g/mol. The van der Waals surface area contributed by atoms with E-state index in [1.807, 2.05) is 5.38 Å². The highest BCUT2D eigenvalue weighted by atomic mass is 32.1. The van der Waals surface area contributed by atoms with Crippen LogP contribution in [0.15, 0.2) is 52.5 Å². The number of aromatic nitrogens is 1. The van der Waals surface area contributed by atoms with Gasteiger partial charge in [-0.15, -0.1) is 11.3 Å². The van der Waals surface area contributed by atoms with Gasteiger partial charge in [-0.1, -0.05) is 6.92 Å². The van der Waals surface area contributed by atoms with Gasteiger partial charge in [0.1, 0.15) is 0 Å². The fourth-order valence-electron chi connectivity index (χ4n) is 3.57. The van der Waals surface area contributed by atoms with Gasteiger partial charge in [-0.3, -0.25) is 19.8 Å². The van der Waals surface area contributed by atoms with Crippen molar-refractivity contribution in [3.8, 4) is 0 Å². The molecule has 156 valence electrons. The highest BCUT2D eigenvalue weighted by Crippen LogP contribution is 2.21. The number of hydrogen-bond acceptors (Lipinski definition) is 6. The van der Waals surface area contributed by atoms with Crippen LogP contribution in [0.1, 0.15) is 46.4 Å². The molecule has 1 fully saturated rings. The fourth-order valence-corrected chi connectivity index (χ4v) is 4.27. The van der Waals surface area contributed by atoms with E-state index >= 15 is 0 Å². The largest absolute Gasteiger partial charge is 0.459 e. The van der Waals surface area contributed by atoms with Gasteiger partial charge in [0.25, 0.3) is 11.8 Å². The minimum absolute atomic E-state index is 0.230. The molecule has 0 spiro atoms. The smallest absolute Gasteiger partial charge is 0.291 e. The van der Waals surface area contributed by atoms with Crippen LogP contribution in [-0.2, 0) is 6.54 Å². The molecule has 1 unspecified atom stereocenters. The van der Waals surface area contributed by atoms with Crippen molar-refractivity contribution in [3.05, 3.63) is 65.1 Å². The van der Waals surface area contributed by atoms with Crippen LogP contribution in [-0.4, -0.2) is 34.8 Å². The lowest BCUT2D eigenvalue weighted by molar-refractivity contribution is 0.0995. The fraction of sp³-hybridized carbons (Fsp3) is 0.318. The van der Waals surface area contributed by atoms with Gasteiger partial charge in [0.05, 0.1) is 12.0 Å². The molecule has 2 N–H and O–H groups in total. The number of carbonyl (C=O) groups excluding carboxylic acids is 2. The molecule has 1 saturated heterocycles. The molecule has 3 heterocycles. The minimum atomic E-state index is -0.337. The van der Waals surface area contributed by atoms with Crippen LogP contribution in [0, 0.1) is 5.92 Å². The Balaban J connectivity index is 1.31. The molecular weight excluding hydrogens is 400 g/mol. The Kier molecular flexibility index (Phi) is 6.25. The van der Waals surface area contributed by atoms with Crippen LogP contribution in [0.25, 0.3) is 0 Å². The number of amides is 2. The van der Waals surface area contributed by atoms with E-state index in [2.05, 4.69) is 27.4 Å². The predicted molar refractivity (Wildman–Crippen MR) is 117 cm³/mol. The van der Waals surface area contributed by atoms with E-state index < -0.39 is 0 Å². The number of thiazole rings is 1. The molecule has 7 nitrogen and oxygen atoms in total. The first-order valence-electron chi connectivity index (χ1n) is 10.00. The van der Waals surface area contributed by atoms with Crippen LogP contribution >= 0.6 is 11.3 Å². The van der Waals surface area contributed by atoms with Crippen LogP contribution in [0.5, 0.6) is 0 Å². The van der Waals surface area contributed by atoms with E-state index in [9.17, 15) is 9.59 Å². The molecule has 2 aromatic heterocycles. The number of benzene rings is 1. The Bertz CT molecular complexity index is 998. The molecule has 2 amide bonds. The Morgan fingerprint density at radius 2 is 2.03 bits per heavy atom. The molecule has 1 atom stereocenters. The summed E-state index contributed by atoms with van der Waals surface area (Å²) in [4.78, 5) is 31.5. The second-order valence-corrected chi connectivity index (χ2v) is 8.45. The molecule has 0 saturated carbocycles. The summed E-state index contributed by atoms with van der Waals surface area (Å²) in [6, 6.07) is 9.93. The van der Waals surface area contributed by atoms with Crippen molar-refractivity contribution in [1.29, 1.82) is 0 Å². The number of carbonyl (C=O) groups is 2. The van der Waals surface area contributed by atoms with Crippen LogP contribution < -0.4 is 10.6 Å². The van der Waals surface area contributed by atoms with Crippen molar-refractivity contribution in [2.75, 3.05) is 23.7 Å². The average Bonchev–Trinajstić information content (AvgIpc) is 3.41. The molecule has 3 aromatic rings. The Morgan fingerprint density at radius 1 is 1.20 bits per heavy atom. The normalized spacial score (nSPS) is 16.9. The third-order valence-electron chi connectivity index (χ3n) is 5.05. The van der Waals surface area contributed by atoms with E-state index in [-0.39, 0.29) is 17.6 Å². The monoisotopic (exact) mass is 424 g/mol. The number of hydrogen-bond donors (Lipinski definition) is 2. The van der Waals surface area contributed by atoms with Gasteiger partial charge in [-0.05, 0) is 61.7 Å². The van der Waals surface area contributed by atoms with Crippen molar-refractivity contribution in [2.45, 2.75) is 26.3 Å². The summed E-state index contributed by atoms with van der Waals surface area (Å²) in [7, 11) is 0. The second-order valence-electron chi connectivity index (χ2n) is 7.59. The maximum Gasteiger partial charge on any atom is 0.291 e. The number of nitrogens with zero attached hydrogens (tertiary/aromatic N) is 2. The van der Waals surface area contributed by atoms with Crippen LogP contribution in [0.2, 0.25) is 0 Å². The van der Waals surface area contributed by atoms with E-state index in [1.165, 1.54) is 30.4 Å². The third-order valence-corrected chi connectivity index (χ3v) is 5.86. The summed E-state index contributed by atoms with van der Waals surface area (Å²) in [5.74, 6) is 0.390. The first-order chi connectivity index (χ1) is 14.6. The van der Waals surface area contributed by atoms with Crippen LogP contribution in [0.4, 0.5) is 10.8 Å². The molecule has 1 aliphatic heterocycles. The zero-order valence-corrected chi connectivity index (χ0v) is 17.6. The van der Waals surface area contributed by atoms with Gasteiger partial charge in [0, 0.05) is 29.7 Å². The van der Waals surface area contributed by atoms with Gasteiger partial charge in [-0.2, -0.15) is 0 Å². The van der Waals surface area contributed by atoms with Crippen LogP contribution in [0.3, 0.4) is 0 Å². The van der Waals surface area contributed by atoms with Gasteiger partial charge < -0.3 is 9.73 Å². The number of piperidine rings is 1. The van der Waals surface area contributed by atoms with Gasteiger partial charge in [0.2, 0.25) is 0 Å². The lowest BCUT2D eigenvalue weighted by atomic mass is 10.0. The number of likely N-dealkylation sites (tertiary alicyclic amines) is 1. The van der Waals surface area contributed by atoms with Gasteiger partial charge >= 0.3 is 0 Å². The molecule has 4 rings (SSSR count). The van der Waals surface area contributed by atoms with E-state index in [1.54, 1.807) is 36.4 Å². The van der Waals surface area contributed by atoms with E-state index in [0.717, 1.165) is 31.2 Å². The first-order valence-corrected chi connectivity index (χ1v) is 10.9. The van der Waals surface area contributed by atoms with Crippen molar-refractivity contribution in [1.82, 2.24) is 9.88 Å². The lowest BCUT2D eigenvalue weighted by Crippen LogP contribution is -2.33. The van der Waals surface area contributed by atoms with Crippen molar-refractivity contribution >= 4 is 34.0 Å². The quantitative estimate of drug-likeness (QED) is 0.609. The summed E-state index contributed by atoms with van der Waals surface area (Å²) in [5.41, 5.74) is 2.06. The first kappa shape index (κ1) is 20.3. The summed E-state index contributed by atoms with van der Waals surface area (Å²) >= 11 is 1.43. The number of furan rings is 1. The molecule has 1 aromatic carbocycles. The molecule has 30 heavy (non-hydrogen) atoms. The number of anilines is 2. The van der Waals surface area contributed by atoms with Crippen molar-refractivity contribution < 1.29 is 14.0 Å². The standard InChI is InChI=1S/C22H24N4O3S/c1-15-4-2-10-26(12-15)13-18-14-30-22(24-18)25-20(27)16-6-8-17(9-7-16)23-21(28)19-5-3-11-29-19/h3,5-9,11,14-15H,2,4,10,12-13H2,1H3,(H,23,28)(H,24,25,27). The van der Waals surface area contributed by atoms with Crippen molar-refractivity contribution in [2.24, 2.45) is 5.92 Å². The topological polar surface area (TPSA) is 87.5 Å². The highest BCUT2D eigenvalue weighted by Gasteiger charge is 2.18. The predicted octanol–water partition coefficient (Wildman–Crippen LogP) is 4.47. The molecule has 0 radical (unpaired) electrons. The summed E-state index contributed by atoms with van der Waals surface area (Å²) < 4.78 is 5.07. The summed E-state index contributed by atoms with van der Waals surface area (Å²) in [6.07, 6.45) is 3.96. The van der Waals surface area contributed by atoms with Gasteiger partial charge in [-0.25, -0.2) is 4.98 Å². The lowest BCUT2D eigenvalue weighted by Gasteiger charge is -2.30. The Hall–Kier alpha value is -2.97. The zero-order chi connectivity index (χ0) is 20.9. The van der Waals surface area contributed by atoms with E-state index in [0.29, 0.717) is 16.4 Å². The van der Waals surface area contributed by atoms with Gasteiger partial charge in [0.15, 0.2) is 10.9 Å². The SMILES string of the molecule is CC1CCCN(Cc2csc(NC(=O)c3ccc(NC(=O)c4ccco4)cc3)n2)C1. The summed E-state index contributed by atoms with van der Waals surface area (Å²) in [6.45, 7) is 5.31. The molecular formula is C22H24N4O3S. The molecule has 0 aliphatic carbocycles. The number of nitrogens with one attached hydrogen (secondary N) is 2. The highest BCUT2D eigenvalue weighted by molar-refractivity contribution is 7.14. The minimum Gasteiger partial charge on any atom is -0.459 e.